The van der Waals surface area contributed by atoms with E-state index in [2.05, 4.69) is 37.5 Å². The van der Waals surface area contributed by atoms with Crippen molar-refractivity contribution in [1.29, 1.82) is 0 Å². The summed E-state index contributed by atoms with van der Waals surface area (Å²) >= 11 is 0. The van der Waals surface area contributed by atoms with Gasteiger partial charge in [0.1, 0.15) is 24.7 Å². The molecule has 0 saturated heterocycles. The zero-order valence-electron chi connectivity index (χ0n) is 16.2. The average molecular weight is 366 g/mol. The topological polar surface area (TPSA) is 18.5 Å². The van der Waals surface area contributed by atoms with E-state index in [1.165, 1.54) is 11.1 Å². The van der Waals surface area contributed by atoms with Gasteiger partial charge in [-0.1, -0.05) is 59.1 Å². The highest BCUT2D eigenvalue weighted by Gasteiger charge is 1.92. The number of aryl methyl sites for hydroxylation is 2. The van der Waals surface area contributed by atoms with Crippen molar-refractivity contribution >= 4 is 0 Å². The van der Waals surface area contributed by atoms with E-state index < -0.39 is 0 Å². The van der Waals surface area contributed by atoms with Crippen LogP contribution in [0, 0.1) is 37.5 Å². The summed E-state index contributed by atoms with van der Waals surface area (Å²) in [6.07, 6.45) is 0. The molecule has 3 aromatic carbocycles. The van der Waals surface area contributed by atoms with Crippen molar-refractivity contribution in [3.8, 4) is 35.2 Å². The van der Waals surface area contributed by atoms with Gasteiger partial charge in [-0.2, -0.15) is 0 Å². The van der Waals surface area contributed by atoms with Gasteiger partial charge in [-0.3, -0.25) is 0 Å². The maximum absolute atomic E-state index is 5.61. The Kier molecular flexibility index (Phi) is 6.78. The van der Waals surface area contributed by atoms with Crippen LogP contribution in [0.3, 0.4) is 0 Å². The molecule has 2 heteroatoms. The Labute approximate surface area is 167 Å². The first-order chi connectivity index (χ1) is 13.7. The fraction of sp³-hybridized carbons (Fsp3) is 0.154. The molecule has 2 nitrogen and oxygen atoms in total. The molecule has 0 heterocycles. The Morgan fingerprint density at radius 1 is 0.536 bits per heavy atom. The zero-order valence-corrected chi connectivity index (χ0v) is 16.2. The molecule has 138 valence electrons. The number of rotatable bonds is 4. The van der Waals surface area contributed by atoms with Gasteiger partial charge in [0.25, 0.3) is 0 Å². The molecule has 0 fully saturated rings. The molecule has 0 radical (unpaired) electrons. The largest absolute Gasteiger partial charge is 0.481 e. The molecule has 3 rings (SSSR count). The van der Waals surface area contributed by atoms with Crippen LogP contribution in [-0.4, -0.2) is 13.2 Å². The summed E-state index contributed by atoms with van der Waals surface area (Å²) in [5, 5.41) is 0. The van der Waals surface area contributed by atoms with Crippen LogP contribution in [0.25, 0.3) is 0 Å². The third-order valence-corrected chi connectivity index (χ3v) is 4.01. The fourth-order valence-electron chi connectivity index (χ4n) is 2.42. The van der Waals surface area contributed by atoms with E-state index >= 15 is 0 Å². The van der Waals surface area contributed by atoms with Gasteiger partial charge in [-0.15, -0.1) is 0 Å². The normalized spacial score (nSPS) is 9.50. The number of hydrogen-bond donors (Lipinski definition) is 0. The minimum absolute atomic E-state index is 0.362. The standard InChI is InChI=1S/C26H22O2/c1-21-7-15-25(16-8-21)27-19-3-5-23-11-13-24(14-12-23)6-4-20-28-26-17-9-22(2)10-18-26/h7-18H,19-20H2,1-2H3. The molecule has 0 unspecified atom stereocenters. The summed E-state index contributed by atoms with van der Waals surface area (Å²) in [6, 6.07) is 23.7. The Morgan fingerprint density at radius 3 is 1.25 bits per heavy atom. The van der Waals surface area contributed by atoms with Crippen molar-refractivity contribution in [3.63, 3.8) is 0 Å². The molecular formula is C26H22O2. The minimum Gasteiger partial charge on any atom is -0.481 e. The Bertz CT molecular complexity index is 920. The summed E-state index contributed by atoms with van der Waals surface area (Å²) in [5.41, 5.74) is 4.30. The van der Waals surface area contributed by atoms with Crippen LogP contribution in [0.4, 0.5) is 0 Å². The highest BCUT2D eigenvalue weighted by atomic mass is 16.5. The van der Waals surface area contributed by atoms with Crippen molar-refractivity contribution < 1.29 is 9.47 Å². The van der Waals surface area contributed by atoms with Crippen LogP contribution < -0.4 is 9.47 Å². The number of hydrogen-bond acceptors (Lipinski definition) is 2. The van der Waals surface area contributed by atoms with E-state index in [1.807, 2.05) is 72.8 Å². The van der Waals surface area contributed by atoms with E-state index in [0.29, 0.717) is 13.2 Å². The maximum atomic E-state index is 5.61. The Morgan fingerprint density at radius 2 is 0.893 bits per heavy atom. The molecule has 0 atom stereocenters. The van der Waals surface area contributed by atoms with Gasteiger partial charge in [-0.05, 0) is 62.4 Å². The van der Waals surface area contributed by atoms with Gasteiger partial charge in [0.15, 0.2) is 0 Å². The molecule has 0 bridgehead atoms. The van der Waals surface area contributed by atoms with Crippen LogP contribution in [-0.2, 0) is 0 Å². The van der Waals surface area contributed by atoms with Crippen molar-refractivity contribution in [2.45, 2.75) is 13.8 Å². The third-order valence-electron chi connectivity index (χ3n) is 4.01. The lowest BCUT2D eigenvalue weighted by Gasteiger charge is -2.01. The smallest absolute Gasteiger partial charge is 0.149 e. The molecule has 0 aromatic heterocycles. The fourth-order valence-corrected chi connectivity index (χ4v) is 2.42. The SMILES string of the molecule is Cc1ccc(OCC#Cc2ccc(C#CCOc3ccc(C)cc3)cc2)cc1. The first-order valence-corrected chi connectivity index (χ1v) is 9.16. The van der Waals surface area contributed by atoms with E-state index in [9.17, 15) is 0 Å². The van der Waals surface area contributed by atoms with E-state index in [1.54, 1.807) is 0 Å². The summed E-state index contributed by atoms with van der Waals surface area (Å²) in [4.78, 5) is 0. The van der Waals surface area contributed by atoms with Gasteiger partial charge in [0, 0.05) is 11.1 Å². The van der Waals surface area contributed by atoms with E-state index in [4.69, 9.17) is 9.47 Å². The lowest BCUT2D eigenvalue weighted by Crippen LogP contribution is -1.94. The molecule has 0 N–H and O–H groups in total. The lowest BCUT2D eigenvalue weighted by molar-refractivity contribution is 0.370. The molecule has 28 heavy (non-hydrogen) atoms. The second-order valence-corrected chi connectivity index (χ2v) is 6.38. The van der Waals surface area contributed by atoms with Crippen LogP contribution in [0.5, 0.6) is 11.5 Å². The third kappa shape index (κ3) is 6.27. The number of benzene rings is 3. The van der Waals surface area contributed by atoms with Crippen molar-refractivity contribution in [2.75, 3.05) is 13.2 Å². The molecule has 3 aromatic rings. The van der Waals surface area contributed by atoms with Gasteiger partial charge in [-0.25, -0.2) is 0 Å². The molecule has 0 amide bonds. The monoisotopic (exact) mass is 366 g/mol. The molecule has 0 aliphatic rings. The molecule has 0 saturated carbocycles. The second-order valence-electron chi connectivity index (χ2n) is 6.38. The predicted octanol–water partition coefficient (Wildman–Crippen LogP) is 5.16. The van der Waals surface area contributed by atoms with Gasteiger partial charge in [0.05, 0.1) is 0 Å². The average Bonchev–Trinajstić information content (AvgIpc) is 2.72. The highest BCUT2D eigenvalue weighted by molar-refractivity contribution is 5.42. The Hall–Kier alpha value is -3.62. The number of ether oxygens (including phenoxy) is 2. The van der Waals surface area contributed by atoms with Crippen LogP contribution in [0.1, 0.15) is 22.3 Å². The van der Waals surface area contributed by atoms with Crippen molar-refractivity contribution in [1.82, 2.24) is 0 Å². The van der Waals surface area contributed by atoms with Gasteiger partial charge < -0.3 is 9.47 Å². The van der Waals surface area contributed by atoms with E-state index in [-0.39, 0.29) is 0 Å². The summed E-state index contributed by atoms with van der Waals surface area (Å²) in [5.74, 6) is 13.9. The maximum Gasteiger partial charge on any atom is 0.149 e. The van der Waals surface area contributed by atoms with Crippen LogP contribution in [0.2, 0.25) is 0 Å². The van der Waals surface area contributed by atoms with Crippen molar-refractivity contribution in [3.05, 3.63) is 95.1 Å². The van der Waals surface area contributed by atoms with Gasteiger partial charge in [0.2, 0.25) is 0 Å². The molecule has 0 aliphatic carbocycles. The van der Waals surface area contributed by atoms with Gasteiger partial charge >= 0.3 is 0 Å². The summed E-state index contributed by atoms with van der Waals surface area (Å²) in [6.45, 7) is 4.82. The first kappa shape index (κ1) is 19.2. The zero-order chi connectivity index (χ0) is 19.6. The van der Waals surface area contributed by atoms with E-state index in [0.717, 1.165) is 22.6 Å². The lowest BCUT2D eigenvalue weighted by atomic mass is 10.1. The molecular weight excluding hydrogens is 344 g/mol. The molecule has 0 spiro atoms. The van der Waals surface area contributed by atoms with Crippen molar-refractivity contribution in [2.24, 2.45) is 0 Å². The minimum atomic E-state index is 0.362. The van der Waals surface area contributed by atoms with Crippen LogP contribution in [0.15, 0.2) is 72.8 Å². The quantitative estimate of drug-likeness (QED) is 0.594. The Balaban J connectivity index is 1.46. The molecule has 0 aliphatic heterocycles. The highest BCUT2D eigenvalue weighted by Crippen LogP contribution is 2.11. The first-order valence-electron chi connectivity index (χ1n) is 9.16. The summed E-state index contributed by atoms with van der Waals surface area (Å²) in [7, 11) is 0. The predicted molar refractivity (Wildman–Crippen MR) is 114 cm³/mol. The van der Waals surface area contributed by atoms with Crippen LogP contribution >= 0.6 is 0 Å². The summed E-state index contributed by atoms with van der Waals surface area (Å²) < 4.78 is 11.2. The second kappa shape index (κ2) is 9.91.